The van der Waals surface area contributed by atoms with E-state index in [1.54, 1.807) is 24.1 Å². The van der Waals surface area contributed by atoms with E-state index in [9.17, 15) is 4.79 Å². The van der Waals surface area contributed by atoms with Crippen molar-refractivity contribution in [3.05, 3.63) is 25.3 Å². The van der Waals surface area contributed by atoms with Crippen molar-refractivity contribution in [2.75, 3.05) is 13.6 Å². The van der Waals surface area contributed by atoms with Gasteiger partial charge in [0.25, 0.3) is 0 Å². The van der Waals surface area contributed by atoms with Gasteiger partial charge in [-0.2, -0.15) is 0 Å². The Balaban J connectivity index is 3.62. The van der Waals surface area contributed by atoms with Crippen LogP contribution in [0.15, 0.2) is 25.3 Å². The van der Waals surface area contributed by atoms with Gasteiger partial charge in [0, 0.05) is 20.0 Å². The normalized spacial score (nSPS) is 8.82. The van der Waals surface area contributed by atoms with Crippen molar-refractivity contribution < 1.29 is 4.79 Å². The third-order valence-corrected chi connectivity index (χ3v) is 1.41. The molecule has 0 fully saturated rings. The lowest BCUT2D eigenvalue weighted by atomic mass is 10.3. The van der Waals surface area contributed by atoms with E-state index in [0.29, 0.717) is 6.42 Å². The quantitative estimate of drug-likeness (QED) is 0.549. The maximum atomic E-state index is 11.1. The number of amides is 1. The molecule has 1 amide bonds. The first kappa shape index (κ1) is 9.95. The molecule has 0 unspecified atom stereocenters. The van der Waals surface area contributed by atoms with Crippen molar-refractivity contribution in [2.24, 2.45) is 0 Å². The summed E-state index contributed by atoms with van der Waals surface area (Å²) in [7, 11) is 1.79. The predicted molar refractivity (Wildman–Crippen MR) is 47.3 cm³/mol. The molecule has 0 aromatic carbocycles. The molecule has 62 valence electrons. The van der Waals surface area contributed by atoms with Crippen LogP contribution in [0.1, 0.15) is 12.8 Å². The first-order chi connectivity index (χ1) is 5.22. The van der Waals surface area contributed by atoms with Crippen LogP contribution in [0.4, 0.5) is 0 Å². The highest BCUT2D eigenvalue weighted by Gasteiger charge is 2.03. The van der Waals surface area contributed by atoms with Crippen molar-refractivity contribution in [3.8, 4) is 0 Å². The number of hydrogen-bond donors (Lipinski definition) is 0. The molecule has 0 heterocycles. The van der Waals surface area contributed by atoms with E-state index in [0.717, 1.165) is 13.0 Å². The average molecular weight is 153 g/mol. The van der Waals surface area contributed by atoms with E-state index in [4.69, 9.17) is 0 Å². The van der Waals surface area contributed by atoms with Crippen LogP contribution in [0.3, 0.4) is 0 Å². The minimum absolute atomic E-state index is 0.113. The van der Waals surface area contributed by atoms with Crippen LogP contribution in [-0.2, 0) is 4.79 Å². The molecule has 0 aromatic rings. The molecule has 0 N–H and O–H groups in total. The topological polar surface area (TPSA) is 20.3 Å². The van der Waals surface area contributed by atoms with Crippen LogP contribution >= 0.6 is 0 Å². The lowest BCUT2D eigenvalue weighted by Gasteiger charge is -2.14. The maximum absolute atomic E-state index is 11.1. The van der Waals surface area contributed by atoms with Crippen LogP contribution in [0.25, 0.3) is 0 Å². The Labute approximate surface area is 68.2 Å². The molecule has 0 aromatic heterocycles. The Hall–Kier alpha value is -1.05. The van der Waals surface area contributed by atoms with E-state index >= 15 is 0 Å². The Kier molecular flexibility index (Phi) is 5.17. The van der Waals surface area contributed by atoms with Crippen molar-refractivity contribution in [3.63, 3.8) is 0 Å². The van der Waals surface area contributed by atoms with E-state index in [2.05, 4.69) is 13.2 Å². The molecule has 0 aliphatic rings. The number of carbonyl (C=O) groups is 1. The molecule has 0 saturated carbocycles. The highest BCUT2D eigenvalue weighted by atomic mass is 16.2. The summed E-state index contributed by atoms with van der Waals surface area (Å²) in [5.41, 5.74) is 0. The van der Waals surface area contributed by atoms with Crippen LogP contribution < -0.4 is 0 Å². The van der Waals surface area contributed by atoms with Crippen LogP contribution in [0.5, 0.6) is 0 Å². The van der Waals surface area contributed by atoms with E-state index < -0.39 is 0 Å². The largest absolute Gasteiger partial charge is 0.345 e. The highest BCUT2D eigenvalue weighted by Crippen LogP contribution is 1.93. The molecular formula is C9H15NO. The van der Waals surface area contributed by atoms with E-state index in [1.807, 2.05) is 0 Å². The van der Waals surface area contributed by atoms with Crippen LogP contribution in [0, 0.1) is 0 Å². The predicted octanol–water partition coefficient (Wildman–Crippen LogP) is 1.60. The summed E-state index contributed by atoms with van der Waals surface area (Å²) in [6.07, 6.45) is 4.69. The SMILES string of the molecule is C=CCCN(C)C(=O)CC=C. The highest BCUT2D eigenvalue weighted by molar-refractivity contribution is 5.77. The fraction of sp³-hybridized carbons (Fsp3) is 0.444. The van der Waals surface area contributed by atoms with Gasteiger partial charge >= 0.3 is 0 Å². The van der Waals surface area contributed by atoms with Gasteiger partial charge in [-0.25, -0.2) is 0 Å². The van der Waals surface area contributed by atoms with Crippen LogP contribution in [-0.4, -0.2) is 24.4 Å². The second kappa shape index (κ2) is 5.71. The van der Waals surface area contributed by atoms with Crippen molar-refractivity contribution in [1.82, 2.24) is 4.90 Å². The monoisotopic (exact) mass is 153 g/mol. The summed E-state index contributed by atoms with van der Waals surface area (Å²) >= 11 is 0. The third-order valence-electron chi connectivity index (χ3n) is 1.41. The third kappa shape index (κ3) is 4.37. The van der Waals surface area contributed by atoms with Crippen molar-refractivity contribution in [2.45, 2.75) is 12.8 Å². The number of hydrogen-bond acceptors (Lipinski definition) is 1. The van der Waals surface area contributed by atoms with Gasteiger partial charge in [0.05, 0.1) is 0 Å². The van der Waals surface area contributed by atoms with Gasteiger partial charge in [0.2, 0.25) is 5.91 Å². The van der Waals surface area contributed by atoms with Gasteiger partial charge < -0.3 is 4.90 Å². The first-order valence-corrected chi connectivity index (χ1v) is 3.68. The Morgan fingerprint density at radius 2 is 2.09 bits per heavy atom. The average Bonchev–Trinajstić information content (AvgIpc) is 2.00. The molecule has 11 heavy (non-hydrogen) atoms. The van der Waals surface area contributed by atoms with Crippen LogP contribution in [0.2, 0.25) is 0 Å². The van der Waals surface area contributed by atoms with Crippen molar-refractivity contribution in [1.29, 1.82) is 0 Å². The Morgan fingerprint density at radius 1 is 1.45 bits per heavy atom. The molecule has 0 saturated heterocycles. The van der Waals surface area contributed by atoms with E-state index in [1.165, 1.54) is 0 Å². The minimum Gasteiger partial charge on any atom is -0.345 e. The number of rotatable bonds is 5. The summed E-state index contributed by atoms with van der Waals surface area (Å²) < 4.78 is 0. The summed E-state index contributed by atoms with van der Waals surface area (Å²) in [4.78, 5) is 12.8. The lowest BCUT2D eigenvalue weighted by Crippen LogP contribution is -2.26. The minimum atomic E-state index is 0.113. The molecule has 0 rings (SSSR count). The van der Waals surface area contributed by atoms with Crippen molar-refractivity contribution >= 4 is 5.91 Å². The maximum Gasteiger partial charge on any atom is 0.226 e. The van der Waals surface area contributed by atoms with Gasteiger partial charge in [-0.15, -0.1) is 13.2 Å². The molecular weight excluding hydrogens is 138 g/mol. The second-order valence-electron chi connectivity index (χ2n) is 2.39. The molecule has 0 aliphatic carbocycles. The fourth-order valence-corrected chi connectivity index (χ4v) is 0.689. The zero-order chi connectivity index (χ0) is 8.69. The number of nitrogens with zero attached hydrogens (tertiary/aromatic N) is 1. The zero-order valence-corrected chi connectivity index (χ0v) is 7.05. The molecule has 0 atom stereocenters. The summed E-state index contributed by atoms with van der Waals surface area (Å²) in [5, 5.41) is 0. The van der Waals surface area contributed by atoms with Gasteiger partial charge in [0.1, 0.15) is 0 Å². The Morgan fingerprint density at radius 3 is 2.55 bits per heavy atom. The smallest absolute Gasteiger partial charge is 0.226 e. The van der Waals surface area contributed by atoms with Gasteiger partial charge in [-0.1, -0.05) is 12.2 Å². The summed E-state index contributed by atoms with van der Waals surface area (Å²) in [5.74, 6) is 0.113. The fourth-order valence-electron chi connectivity index (χ4n) is 0.689. The van der Waals surface area contributed by atoms with Gasteiger partial charge in [0.15, 0.2) is 0 Å². The Bertz CT molecular complexity index is 152. The molecule has 2 heteroatoms. The number of carbonyl (C=O) groups excluding carboxylic acids is 1. The van der Waals surface area contributed by atoms with Gasteiger partial charge in [-0.05, 0) is 6.42 Å². The van der Waals surface area contributed by atoms with E-state index in [-0.39, 0.29) is 5.91 Å². The molecule has 0 radical (unpaired) electrons. The lowest BCUT2D eigenvalue weighted by molar-refractivity contribution is -0.128. The zero-order valence-electron chi connectivity index (χ0n) is 7.05. The van der Waals surface area contributed by atoms with Gasteiger partial charge in [-0.3, -0.25) is 4.79 Å². The molecule has 0 aliphatic heterocycles. The first-order valence-electron chi connectivity index (χ1n) is 3.68. The standard InChI is InChI=1S/C9H15NO/c1-4-6-8-10(3)9(11)7-5-2/h4-5H,1-2,6-8H2,3H3. The second-order valence-corrected chi connectivity index (χ2v) is 2.39. The summed E-state index contributed by atoms with van der Waals surface area (Å²) in [6, 6.07) is 0. The molecule has 0 spiro atoms. The molecule has 2 nitrogen and oxygen atoms in total. The molecule has 0 bridgehead atoms. The summed E-state index contributed by atoms with van der Waals surface area (Å²) in [6.45, 7) is 7.82.